The van der Waals surface area contributed by atoms with Gasteiger partial charge in [0.1, 0.15) is 5.39 Å². The Labute approximate surface area is 144 Å². The molecule has 130 valence electrons. The van der Waals surface area contributed by atoms with Crippen LogP contribution in [0.5, 0.6) is 0 Å². The Hall–Kier alpha value is -3.01. The third kappa shape index (κ3) is 3.29. The van der Waals surface area contributed by atoms with Crippen LogP contribution in [-0.2, 0) is 16.3 Å². The Morgan fingerprint density at radius 1 is 1.36 bits per heavy atom. The number of aromatic nitrogens is 5. The molecule has 25 heavy (non-hydrogen) atoms. The fraction of sp³-hybridized carbons (Fsp3) is 0.200. The van der Waals surface area contributed by atoms with Crippen LogP contribution >= 0.6 is 0 Å². The zero-order chi connectivity index (χ0) is 18.2. The number of hydrogen-bond donors (Lipinski definition) is 1. The third-order valence-corrected chi connectivity index (χ3v) is 3.87. The molecule has 0 aliphatic heterocycles. The zero-order valence-electron chi connectivity index (χ0n) is 13.8. The first-order valence-corrected chi connectivity index (χ1v) is 9.63. The van der Waals surface area contributed by atoms with Crippen molar-refractivity contribution in [2.24, 2.45) is 4.36 Å². The second-order valence-corrected chi connectivity index (χ2v) is 8.12. The van der Waals surface area contributed by atoms with Gasteiger partial charge in [-0.2, -0.15) is 9.35 Å². The van der Waals surface area contributed by atoms with Crippen molar-refractivity contribution in [3.05, 3.63) is 47.4 Å². The van der Waals surface area contributed by atoms with E-state index >= 15 is 0 Å². The van der Waals surface area contributed by atoms with Gasteiger partial charge in [0, 0.05) is 28.4 Å². The number of rotatable bonds is 4. The van der Waals surface area contributed by atoms with Gasteiger partial charge in [-0.15, -0.1) is 6.58 Å². The Kier molecular flexibility index (Phi) is 4.13. The molecule has 0 aliphatic carbocycles. The van der Waals surface area contributed by atoms with Gasteiger partial charge in [-0.1, -0.05) is 12.1 Å². The third-order valence-electron chi connectivity index (χ3n) is 3.25. The van der Waals surface area contributed by atoms with E-state index in [0.717, 1.165) is 0 Å². The summed E-state index contributed by atoms with van der Waals surface area (Å²) in [7, 11) is -2.37. The van der Waals surface area contributed by atoms with E-state index < -0.39 is 9.73 Å². The monoisotopic (exact) mass is 359 g/mol. The maximum absolute atomic E-state index is 12.6. The van der Waals surface area contributed by atoms with Crippen molar-refractivity contribution in [1.29, 1.82) is 0 Å². The van der Waals surface area contributed by atoms with Crippen LogP contribution in [0.25, 0.3) is 16.9 Å². The molecular formula is C15H17N7O2S. The highest BCUT2D eigenvalue weighted by Gasteiger charge is 2.17. The van der Waals surface area contributed by atoms with Crippen molar-refractivity contribution in [2.75, 3.05) is 18.2 Å². The van der Waals surface area contributed by atoms with Crippen LogP contribution in [0.15, 0.2) is 46.2 Å². The highest BCUT2D eigenvalue weighted by molar-refractivity contribution is 7.92. The fourth-order valence-corrected chi connectivity index (χ4v) is 2.92. The largest absolute Gasteiger partial charge is 0.368 e. The second kappa shape index (κ2) is 6.13. The number of anilines is 1. The van der Waals surface area contributed by atoms with Gasteiger partial charge in [0.05, 0.1) is 6.54 Å². The number of nitrogens with zero attached hydrogens (tertiary/aromatic N) is 6. The predicted molar refractivity (Wildman–Crippen MR) is 97.6 cm³/mol. The van der Waals surface area contributed by atoms with Gasteiger partial charge in [0.25, 0.3) is 5.56 Å². The van der Waals surface area contributed by atoms with Gasteiger partial charge in [0.15, 0.2) is 17.3 Å². The molecule has 0 unspecified atom stereocenters. The summed E-state index contributed by atoms with van der Waals surface area (Å²) in [4.78, 5) is 25.0. The van der Waals surface area contributed by atoms with E-state index in [1.807, 2.05) is 0 Å². The summed E-state index contributed by atoms with van der Waals surface area (Å²) in [6.07, 6.45) is 6.02. The van der Waals surface area contributed by atoms with Crippen LogP contribution < -0.4 is 11.3 Å². The van der Waals surface area contributed by atoms with Crippen LogP contribution in [0.4, 0.5) is 11.8 Å². The van der Waals surface area contributed by atoms with Crippen molar-refractivity contribution in [3.63, 3.8) is 0 Å². The summed E-state index contributed by atoms with van der Waals surface area (Å²) in [6.45, 7) is 3.92. The molecule has 3 aromatic heterocycles. The molecular weight excluding hydrogens is 342 g/mol. The molecule has 3 aromatic rings. The number of fused-ring (bicyclic) bond motifs is 1. The predicted octanol–water partition coefficient (Wildman–Crippen LogP) is 1.10. The molecule has 0 saturated heterocycles. The summed E-state index contributed by atoms with van der Waals surface area (Å²) in [5.41, 5.74) is 5.72. The molecule has 10 heteroatoms. The van der Waals surface area contributed by atoms with Crippen molar-refractivity contribution in [2.45, 2.75) is 6.54 Å². The summed E-state index contributed by atoms with van der Waals surface area (Å²) < 4.78 is 19.0. The lowest BCUT2D eigenvalue weighted by Gasteiger charge is -2.10. The van der Waals surface area contributed by atoms with Gasteiger partial charge in [0.2, 0.25) is 5.95 Å². The van der Waals surface area contributed by atoms with Gasteiger partial charge in [-0.25, -0.2) is 23.5 Å². The number of nitrogens with two attached hydrogens (primary N) is 1. The first kappa shape index (κ1) is 16.8. The van der Waals surface area contributed by atoms with Crippen molar-refractivity contribution < 1.29 is 4.21 Å². The van der Waals surface area contributed by atoms with E-state index in [0.29, 0.717) is 22.7 Å². The first-order valence-electron chi connectivity index (χ1n) is 7.29. The summed E-state index contributed by atoms with van der Waals surface area (Å²) in [6, 6.07) is 5.05. The quantitative estimate of drug-likeness (QED) is 0.696. The average molecular weight is 359 g/mol. The number of pyridine rings is 1. The molecule has 2 N–H and O–H groups in total. The van der Waals surface area contributed by atoms with Crippen LogP contribution in [0, 0.1) is 0 Å². The van der Waals surface area contributed by atoms with Crippen LogP contribution in [0.2, 0.25) is 0 Å². The van der Waals surface area contributed by atoms with Crippen molar-refractivity contribution in [3.8, 4) is 5.82 Å². The summed E-state index contributed by atoms with van der Waals surface area (Å²) in [5.74, 6) is 0.744. The minimum absolute atomic E-state index is 0.0444. The Balaban J connectivity index is 2.35. The van der Waals surface area contributed by atoms with E-state index in [1.54, 1.807) is 24.3 Å². The standard InChI is InChI=1S/C15H17N7O2S/c1-4-8-21-14(23)10-9-17-15(16)19-13(10)22(21)12-7-5-6-11(18-12)20-25(2,3)24/h4-7,9H,1,8H2,2-3H3,(H2,16,17,19). The molecule has 0 amide bonds. The lowest BCUT2D eigenvalue weighted by molar-refractivity contribution is 0.597. The minimum atomic E-state index is -2.37. The maximum atomic E-state index is 12.6. The van der Waals surface area contributed by atoms with Crippen LogP contribution in [-0.4, -0.2) is 41.0 Å². The molecule has 0 aromatic carbocycles. The summed E-state index contributed by atoms with van der Waals surface area (Å²) in [5, 5.41) is 0.315. The highest BCUT2D eigenvalue weighted by atomic mass is 32.2. The molecule has 0 radical (unpaired) electrons. The van der Waals surface area contributed by atoms with Gasteiger partial charge < -0.3 is 5.73 Å². The van der Waals surface area contributed by atoms with Gasteiger partial charge in [-0.3, -0.25) is 4.79 Å². The lowest BCUT2D eigenvalue weighted by atomic mass is 10.4. The van der Waals surface area contributed by atoms with E-state index in [1.165, 1.54) is 28.1 Å². The first-order chi connectivity index (χ1) is 11.8. The molecule has 0 aliphatic rings. The number of allylic oxidation sites excluding steroid dienone is 1. The van der Waals surface area contributed by atoms with E-state index in [-0.39, 0.29) is 18.1 Å². The molecule has 3 rings (SSSR count). The zero-order valence-corrected chi connectivity index (χ0v) is 14.6. The van der Waals surface area contributed by atoms with E-state index in [4.69, 9.17) is 5.73 Å². The van der Waals surface area contributed by atoms with Crippen LogP contribution in [0.1, 0.15) is 0 Å². The average Bonchev–Trinajstić information content (AvgIpc) is 2.78. The molecule has 0 bridgehead atoms. The van der Waals surface area contributed by atoms with Gasteiger partial charge in [-0.05, 0) is 12.1 Å². The molecule has 0 atom stereocenters. The lowest BCUT2D eigenvalue weighted by Crippen LogP contribution is -2.22. The smallest absolute Gasteiger partial charge is 0.278 e. The van der Waals surface area contributed by atoms with Crippen LogP contribution in [0.3, 0.4) is 0 Å². The SMILES string of the molecule is C=CCn1c(=O)c2cnc(N)nc2n1-c1cccc(N=S(C)(C)=O)n1. The Morgan fingerprint density at radius 3 is 2.80 bits per heavy atom. The van der Waals surface area contributed by atoms with E-state index in [2.05, 4.69) is 25.9 Å². The minimum Gasteiger partial charge on any atom is -0.368 e. The maximum Gasteiger partial charge on any atom is 0.278 e. The summed E-state index contributed by atoms with van der Waals surface area (Å²) >= 11 is 0. The molecule has 3 heterocycles. The van der Waals surface area contributed by atoms with Gasteiger partial charge >= 0.3 is 0 Å². The Morgan fingerprint density at radius 2 is 2.12 bits per heavy atom. The molecule has 0 fully saturated rings. The van der Waals surface area contributed by atoms with Crippen molar-refractivity contribution in [1.82, 2.24) is 24.3 Å². The molecule has 0 saturated carbocycles. The van der Waals surface area contributed by atoms with E-state index in [9.17, 15) is 9.00 Å². The number of hydrogen-bond acceptors (Lipinski definition) is 7. The molecule has 0 spiro atoms. The number of nitrogen functional groups attached to an aromatic ring is 1. The van der Waals surface area contributed by atoms with Crippen molar-refractivity contribution >= 4 is 32.5 Å². The Bertz CT molecular complexity index is 1140. The topological polar surface area (TPSA) is 121 Å². The second-order valence-electron chi connectivity index (χ2n) is 5.58. The fourth-order valence-electron chi connectivity index (χ4n) is 2.37. The normalized spacial score (nSPS) is 11.6. The highest BCUT2D eigenvalue weighted by Crippen LogP contribution is 2.18. The molecule has 9 nitrogen and oxygen atoms in total.